The van der Waals surface area contributed by atoms with Crippen LogP contribution in [0.2, 0.25) is 5.02 Å². The molecule has 2 aliphatic heterocycles. The highest BCUT2D eigenvalue weighted by atomic mass is 35.5. The Labute approximate surface area is 247 Å². The minimum atomic E-state index is -0.0905. The molecular weight excluding hydrogens is 562 g/mol. The number of carbonyl (C=O) groups excluding carboxylic acids is 1. The lowest BCUT2D eigenvalue weighted by atomic mass is 10.1. The average Bonchev–Trinajstić information content (AvgIpc) is 3.71. The van der Waals surface area contributed by atoms with Gasteiger partial charge in [-0.25, -0.2) is 4.68 Å². The van der Waals surface area contributed by atoms with Gasteiger partial charge in [-0.3, -0.25) is 9.69 Å². The van der Waals surface area contributed by atoms with Crippen LogP contribution in [0.15, 0.2) is 90.0 Å². The number of amides is 1. The molecule has 6 rings (SSSR count). The quantitative estimate of drug-likeness (QED) is 0.161. The molecule has 1 aromatic heterocycles. The summed E-state index contributed by atoms with van der Waals surface area (Å²) < 4.78 is 14.1. The number of halogens is 1. The number of carbonyl (C=O) groups is 1. The summed E-state index contributed by atoms with van der Waals surface area (Å²) in [5.74, 6) is 0.634. The molecule has 3 heterocycles. The van der Waals surface area contributed by atoms with Crippen molar-refractivity contribution in [2.75, 3.05) is 13.2 Å². The molecule has 4 aromatic rings. The predicted molar refractivity (Wildman–Crippen MR) is 164 cm³/mol. The molecule has 1 unspecified atom stereocenters. The zero-order valence-electron chi connectivity index (χ0n) is 21.5. The molecule has 0 radical (unpaired) electrons. The van der Waals surface area contributed by atoms with Crippen LogP contribution in [0.25, 0.3) is 23.0 Å². The maximum atomic E-state index is 13.3. The van der Waals surface area contributed by atoms with Crippen LogP contribution >= 0.6 is 35.6 Å². The molecule has 6 nitrogen and oxygen atoms in total. The first-order valence-electron chi connectivity index (χ1n) is 13.0. The van der Waals surface area contributed by atoms with Crippen LogP contribution in [0.3, 0.4) is 0 Å². The number of ether oxygens (including phenoxy) is 2. The molecule has 2 fully saturated rings. The van der Waals surface area contributed by atoms with E-state index in [0.717, 1.165) is 53.3 Å². The van der Waals surface area contributed by atoms with Gasteiger partial charge >= 0.3 is 0 Å². The first-order chi connectivity index (χ1) is 19.5. The Kier molecular flexibility index (Phi) is 8.02. The second kappa shape index (κ2) is 12.0. The highest BCUT2D eigenvalue weighted by Crippen LogP contribution is 2.36. The monoisotopic (exact) mass is 587 g/mol. The molecule has 1 amide bonds. The molecule has 0 aliphatic carbocycles. The van der Waals surface area contributed by atoms with Crippen LogP contribution in [0, 0.1) is 0 Å². The number of nitrogens with zero attached hydrogens (tertiary/aromatic N) is 3. The van der Waals surface area contributed by atoms with Crippen molar-refractivity contribution in [3.63, 3.8) is 0 Å². The van der Waals surface area contributed by atoms with E-state index >= 15 is 0 Å². The van der Waals surface area contributed by atoms with Crippen molar-refractivity contribution in [1.29, 1.82) is 0 Å². The average molecular weight is 588 g/mol. The molecule has 1 atom stereocenters. The number of aromatic nitrogens is 2. The van der Waals surface area contributed by atoms with Crippen molar-refractivity contribution >= 4 is 51.9 Å². The van der Waals surface area contributed by atoms with E-state index in [0.29, 0.717) is 27.4 Å². The molecule has 0 saturated carbocycles. The smallest absolute Gasteiger partial charge is 0.266 e. The maximum absolute atomic E-state index is 13.3. The third kappa shape index (κ3) is 5.86. The number of rotatable bonds is 8. The summed E-state index contributed by atoms with van der Waals surface area (Å²) >= 11 is 13.2. The Morgan fingerprint density at radius 3 is 2.60 bits per heavy atom. The van der Waals surface area contributed by atoms with Gasteiger partial charge in [0.25, 0.3) is 5.91 Å². The van der Waals surface area contributed by atoms with Crippen molar-refractivity contribution in [2.24, 2.45) is 0 Å². The van der Waals surface area contributed by atoms with Crippen molar-refractivity contribution in [2.45, 2.75) is 25.6 Å². The molecule has 9 heteroatoms. The second-order valence-electron chi connectivity index (χ2n) is 9.54. The Bertz CT molecular complexity index is 1560. The lowest BCUT2D eigenvalue weighted by molar-refractivity contribution is -0.123. The molecule has 0 N–H and O–H groups in total. The van der Waals surface area contributed by atoms with Crippen molar-refractivity contribution < 1.29 is 14.3 Å². The minimum Gasteiger partial charge on any atom is -0.489 e. The molecule has 202 valence electrons. The van der Waals surface area contributed by atoms with Gasteiger partial charge in [0, 0.05) is 34.5 Å². The van der Waals surface area contributed by atoms with Gasteiger partial charge < -0.3 is 9.47 Å². The van der Waals surface area contributed by atoms with E-state index < -0.39 is 0 Å². The first-order valence-corrected chi connectivity index (χ1v) is 14.6. The number of benzene rings is 3. The van der Waals surface area contributed by atoms with Gasteiger partial charge in [-0.15, -0.1) is 0 Å². The van der Waals surface area contributed by atoms with Crippen LogP contribution in [0.4, 0.5) is 0 Å². The summed E-state index contributed by atoms with van der Waals surface area (Å²) in [4.78, 5) is 15.6. The third-order valence-electron chi connectivity index (χ3n) is 6.81. The van der Waals surface area contributed by atoms with E-state index in [1.807, 2.05) is 95.8 Å². The van der Waals surface area contributed by atoms with Crippen LogP contribution < -0.4 is 4.74 Å². The van der Waals surface area contributed by atoms with Crippen molar-refractivity contribution in [3.05, 3.63) is 106 Å². The largest absolute Gasteiger partial charge is 0.489 e. The van der Waals surface area contributed by atoms with E-state index in [4.69, 9.17) is 38.4 Å². The zero-order valence-corrected chi connectivity index (χ0v) is 23.9. The van der Waals surface area contributed by atoms with E-state index in [1.165, 1.54) is 11.8 Å². The zero-order chi connectivity index (χ0) is 27.5. The van der Waals surface area contributed by atoms with Gasteiger partial charge in [-0.2, -0.15) is 5.10 Å². The van der Waals surface area contributed by atoms with E-state index in [-0.39, 0.29) is 12.0 Å². The van der Waals surface area contributed by atoms with Crippen molar-refractivity contribution in [3.8, 4) is 22.7 Å². The number of hydrogen-bond donors (Lipinski definition) is 0. The summed E-state index contributed by atoms with van der Waals surface area (Å²) in [5.41, 5.74) is 4.33. The Morgan fingerprint density at radius 1 is 1.07 bits per heavy atom. The molecule has 0 spiro atoms. The Hall–Kier alpha value is -3.43. The Morgan fingerprint density at radius 2 is 1.85 bits per heavy atom. The lowest BCUT2D eigenvalue weighted by Gasteiger charge is -2.18. The first kappa shape index (κ1) is 26.8. The SMILES string of the molecule is O=C1C(=Cc2cn(-c3ccccc3)nc2-c2ccc(OCc3ccccc3Cl)cc2)SC(=S)N1CC1CCCO1. The van der Waals surface area contributed by atoms with Gasteiger partial charge in [-0.05, 0) is 61.4 Å². The van der Waals surface area contributed by atoms with E-state index in [1.54, 1.807) is 4.90 Å². The van der Waals surface area contributed by atoms with Gasteiger partial charge in [0.15, 0.2) is 0 Å². The van der Waals surface area contributed by atoms with Crippen LogP contribution in [0.5, 0.6) is 5.75 Å². The fourth-order valence-electron chi connectivity index (χ4n) is 4.71. The fourth-order valence-corrected chi connectivity index (χ4v) is 6.16. The minimum absolute atomic E-state index is 0.0388. The molecule has 40 heavy (non-hydrogen) atoms. The molecule has 2 saturated heterocycles. The van der Waals surface area contributed by atoms with Crippen LogP contribution in [-0.4, -0.2) is 44.2 Å². The van der Waals surface area contributed by atoms with E-state index in [9.17, 15) is 4.79 Å². The standard InChI is InChI=1S/C31H26ClN3O3S2/c32-27-11-5-4-7-22(27)20-38-25-14-12-21(13-15-25)29-23(18-35(33-29)24-8-2-1-3-9-24)17-28-30(36)34(31(39)40-28)19-26-10-6-16-37-26/h1-5,7-9,11-15,17-18,26H,6,10,16,19-20H2. The van der Waals surface area contributed by atoms with Crippen molar-refractivity contribution in [1.82, 2.24) is 14.7 Å². The van der Waals surface area contributed by atoms with Gasteiger partial charge in [0.1, 0.15) is 16.7 Å². The van der Waals surface area contributed by atoms with Gasteiger partial charge in [0.05, 0.1) is 28.9 Å². The highest BCUT2D eigenvalue weighted by molar-refractivity contribution is 8.26. The van der Waals surface area contributed by atoms with Crippen LogP contribution in [0.1, 0.15) is 24.0 Å². The summed E-state index contributed by atoms with van der Waals surface area (Å²) in [6, 6.07) is 25.3. The Balaban J connectivity index is 1.28. The number of para-hydroxylation sites is 1. The van der Waals surface area contributed by atoms with E-state index in [2.05, 4.69) is 0 Å². The topological polar surface area (TPSA) is 56.6 Å². The normalized spacial score (nSPS) is 18.2. The highest BCUT2D eigenvalue weighted by Gasteiger charge is 2.35. The summed E-state index contributed by atoms with van der Waals surface area (Å²) in [7, 11) is 0. The number of hydrogen-bond acceptors (Lipinski definition) is 6. The third-order valence-corrected chi connectivity index (χ3v) is 8.56. The van der Waals surface area contributed by atoms with Gasteiger partial charge in [0.2, 0.25) is 0 Å². The predicted octanol–water partition coefficient (Wildman–Crippen LogP) is 7.15. The molecule has 2 aliphatic rings. The maximum Gasteiger partial charge on any atom is 0.266 e. The second-order valence-corrected chi connectivity index (χ2v) is 11.6. The summed E-state index contributed by atoms with van der Waals surface area (Å²) in [5, 5.41) is 5.58. The lowest BCUT2D eigenvalue weighted by Crippen LogP contribution is -2.35. The number of thioether (sulfide) groups is 1. The molecule has 3 aromatic carbocycles. The summed E-state index contributed by atoms with van der Waals surface area (Å²) in [6.07, 6.45) is 5.83. The van der Waals surface area contributed by atoms with Gasteiger partial charge in [-0.1, -0.05) is 72.0 Å². The fraction of sp³-hybridized carbons (Fsp3) is 0.194. The summed E-state index contributed by atoms with van der Waals surface area (Å²) in [6.45, 7) is 1.61. The number of thiocarbonyl (C=S) groups is 1. The molecular formula is C31H26ClN3O3S2. The molecule has 0 bridgehead atoms. The van der Waals surface area contributed by atoms with Crippen LogP contribution in [-0.2, 0) is 16.1 Å².